The largest absolute Gasteiger partial charge is 0.459 e. The number of likely N-dealkylation sites (N-methyl/N-ethyl adjacent to an activating group) is 2. The minimum absolute atomic E-state index is 0.0515. The number of benzene rings is 1. The normalized spacial score (nSPS) is 22.9. The molecule has 280 valence electrons. The molecule has 1 saturated carbocycles. The molecule has 1 N–H and O–H groups in total. The van der Waals surface area contributed by atoms with Gasteiger partial charge in [-0.3, -0.25) is 9.69 Å². The van der Waals surface area contributed by atoms with Crippen molar-refractivity contribution >= 4 is 23.4 Å². The fourth-order valence-corrected chi connectivity index (χ4v) is 8.87. The number of nitrogens with zero attached hydrogens (tertiary/aromatic N) is 3. The number of unbranched alkanes of at least 4 members (excludes halogenated alkanes) is 1. The van der Waals surface area contributed by atoms with Crippen molar-refractivity contribution in [1.82, 2.24) is 9.88 Å². The van der Waals surface area contributed by atoms with Crippen molar-refractivity contribution < 1.29 is 28.5 Å². The summed E-state index contributed by atoms with van der Waals surface area (Å²) in [6.45, 7) is 13.4. The monoisotopic (exact) mass is 704 g/mol. The third-order valence-corrected chi connectivity index (χ3v) is 11.5. The van der Waals surface area contributed by atoms with Gasteiger partial charge in [-0.25, -0.2) is 9.78 Å². The van der Waals surface area contributed by atoms with Gasteiger partial charge in [0.25, 0.3) is 0 Å². The zero-order valence-corrected chi connectivity index (χ0v) is 32.2. The number of nitrogens with one attached hydrogen (secondary N) is 1. The highest BCUT2D eigenvalue weighted by Gasteiger charge is 2.53. The molecular formula is C41H60N4O6. The van der Waals surface area contributed by atoms with Crippen molar-refractivity contribution in [1.29, 1.82) is 0 Å². The van der Waals surface area contributed by atoms with Crippen LogP contribution in [0, 0.1) is 5.41 Å². The lowest BCUT2D eigenvalue weighted by atomic mass is 9.74. The third kappa shape index (κ3) is 7.85. The van der Waals surface area contributed by atoms with E-state index in [1.165, 1.54) is 12.0 Å². The highest BCUT2D eigenvalue weighted by molar-refractivity contribution is 6.09. The summed E-state index contributed by atoms with van der Waals surface area (Å²) < 4.78 is 24.1. The Labute approximate surface area is 304 Å². The summed E-state index contributed by atoms with van der Waals surface area (Å²) in [4.78, 5) is 37.3. The molecule has 10 nitrogen and oxygen atoms in total. The van der Waals surface area contributed by atoms with Crippen LogP contribution in [0.5, 0.6) is 0 Å². The topological polar surface area (TPSA) is 102 Å². The lowest BCUT2D eigenvalue weighted by molar-refractivity contribution is -0.162. The number of esters is 1. The number of anilines is 2. The average molecular weight is 705 g/mol. The van der Waals surface area contributed by atoms with Crippen molar-refractivity contribution in [2.75, 3.05) is 57.8 Å². The maximum absolute atomic E-state index is 14.4. The molecule has 1 aliphatic carbocycles. The van der Waals surface area contributed by atoms with Gasteiger partial charge in [-0.2, -0.15) is 0 Å². The van der Waals surface area contributed by atoms with Gasteiger partial charge in [0.05, 0.1) is 23.8 Å². The Morgan fingerprint density at radius 2 is 1.94 bits per heavy atom. The molecule has 4 heterocycles. The molecule has 2 fully saturated rings. The fraction of sp³-hybridized carbons (Fsp3) is 0.683. The van der Waals surface area contributed by atoms with E-state index in [4.69, 9.17) is 23.9 Å². The smallest absolute Gasteiger partial charge is 0.328 e. The molecule has 1 aromatic heterocycles. The van der Waals surface area contributed by atoms with Crippen LogP contribution < -0.4 is 10.2 Å². The van der Waals surface area contributed by atoms with Crippen molar-refractivity contribution in [3.63, 3.8) is 0 Å². The summed E-state index contributed by atoms with van der Waals surface area (Å²) in [5.41, 5.74) is 4.55. The van der Waals surface area contributed by atoms with Crippen molar-refractivity contribution in [3.05, 3.63) is 52.2 Å². The van der Waals surface area contributed by atoms with Gasteiger partial charge >= 0.3 is 5.97 Å². The van der Waals surface area contributed by atoms with E-state index >= 15 is 0 Å². The van der Waals surface area contributed by atoms with E-state index in [-0.39, 0.29) is 29.4 Å². The first kappa shape index (κ1) is 37.7. The van der Waals surface area contributed by atoms with Crippen molar-refractivity contribution in [2.45, 2.75) is 128 Å². The number of fused-ring (bicyclic) bond motifs is 3. The summed E-state index contributed by atoms with van der Waals surface area (Å²) in [6, 6.07) is 7.91. The van der Waals surface area contributed by atoms with Crippen molar-refractivity contribution in [2.24, 2.45) is 5.41 Å². The summed E-state index contributed by atoms with van der Waals surface area (Å²) in [5.74, 6) is 0.805. The molecule has 3 aliphatic heterocycles. The first-order chi connectivity index (χ1) is 24.2. The van der Waals surface area contributed by atoms with E-state index < -0.39 is 17.1 Å². The molecule has 4 aliphatic rings. The van der Waals surface area contributed by atoms with Gasteiger partial charge in [-0.15, -0.1) is 0 Å². The molecule has 10 heteroatoms. The van der Waals surface area contributed by atoms with Gasteiger partial charge in [0.15, 0.2) is 0 Å². The highest BCUT2D eigenvalue weighted by atomic mass is 16.6. The molecule has 1 aromatic carbocycles. The molecule has 1 amide bonds. The summed E-state index contributed by atoms with van der Waals surface area (Å²) in [5, 5.41) is 3.44. The van der Waals surface area contributed by atoms with Gasteiger partial charge in [-0.05, 0) is 120 Å². The Kier molecular flexibility index (Phi) is 11.2. The van der Waals surface area contributed by atoms with Gasteiger partial charge < -0.3 is 29.2 Å². The summed E-state index contributed by atoms with van der Waals surface area (Å²) >= 11 is 0. The van der Waals surface area contributed by atoms with Crippen LogP contribution in [0.25, 0.3) is 0 Å². The van der Waals surface area contributed by atoms with Crippen LogP contribution >= 0.6 is 0 Å². The number of ether oxygens (including phenoxy) is 4. The maximum atomic E-state index is 14.4. The van der Waals surface area contributed by atoms with E-state index in [2.05, 4.69) is 48.3 Å². The van der Waals surface area contributed by atoms with E-state index in [0.29, 0.717) is 39.3 Å². The van der Waals surface area contributed by atoms with Crippen LogP contribution in [0.4, 0.5) is 11.5 Å². The van der Waals surface area contributed by atoms with Gasteiger partial charge in [0, 0.05) is 57.8 Å². The predicted octanol–water partition coefficient (Wildman–Crippen LogP) is 6.52. The second-order valence-electron chi connectivity index (χ2n) is 16.9. The zero-order valence-electron chi connectivity index (χ0n) is 32.2. The Bertz CT molecular complexity index is 1580. The number of rotatable bonds is 12. The minimum Gasteiger partial charge on any atom is -0.459 e. The predicted molar refractivity (Wildman–Crippen MR) is 199 cm³/mol. The molecular weight excluding hydrogens is 644 g/mol. The number of carbonyl (C=O) groups excluding carboxylic acids is 2. The van der Waals surface area contributed by atoms with Crippen LogP contribution in [-0.2, 0) is 53.4 Å². The lowest BCUT2D eigenvalue weighted by Crippen LogP contribution is -2.43. The van der Waals surface area contributed by atoms with E-state index in [1.807, 2.05) is 34.9 Å². The zero-order chi connectivity index (χ0) is 36.6. The number of pyridine rings is 1. The molecule has 0 bridgehead atoms. The fourth-order valence-electron chi connectivity index (χ4n) is 8.87. The Morgan fingerprint density at radius 1 is 1.18 bits per heavy atom. The molecule has 51 heavy (non-hydrogen) atoms. The van der Waals surface area contributed by atoms with Crippen LogP contribution in [0.1, 0.15) is 114 Å². The first-order valence-electron chi connectivity index (χ1n) is 19.1. The number of aryl methyl sites for hydroxylation is 2. The first-order valence-corrected chi connectivity index (χ1v) is 19.1. The van der Waals surface area contributed by atoms with Crippen molar-refractivity contribution in [3.8, 4) is 0 Å². The second kappa shape index (κ2) is 15.1. The molecule has 1 saturated heterocycles. The minimum atomic E-state index is -0.724. The van der Waals surface area contributed by atoms with Gasteiger partial charge in [0.1, 0.15) is 17.5 Å². The van der Waals surface area contributed by atoms with Crippen LogP contribution in [-0.4, -0.2) is 87.1 Å². The number of methoxy groups -OCH3 is 1. The second-order valence-corrected chi connectivity index (χ2v) is 16.9. The summed E-state index contributed by atoms with van der Waals surface area (Å²) in [6.07, 6.45) is 8.14. The van der Waals surface area contributed by atoms with Gasteiger partial charge in [-0.1, -0.05) is 26.0 Å². The van der Waals surface area contributed by atoms with E-state index in [1.54, 1.807) is 12.0 Å². The Morgan fingerprint density at radius 3 is 2.67 bits per heavy atom. The van der Waals surface area contributed by atoms with Gasteiger partial charge in [0.2, 0.25) is 5.91 Å². The van der Waals surface area contributed by atoms with E-state index in [0.717, 1.165) is 79.0 Å². The molecule has 2 aromatic rings. The van der Waals surface area contributed by atoms with Crippen LogP contribution in [0.3, 0.4) is 0 Å². The maximum Gasteiger partial charge on any atom is 0.328 e. The molecule has 1 unspecified atom stereocenters. The molecule has 0 radical (unpaired) electrons. The quantitative estimate of drug-likeness (QED) is 0.195. The van der Waals surface area contributed by atoms with Crippen LogP contribution in [0.2, 0.25) is 0 Å². The lowest BCUT2D eigenvalue weighted by Gasteiger charge is -2.36. The number of aromatic nitrogens is 1. The Hall–Kier alpha value is -3.05. The SMILES string of the molecule is COCc1cc(C(C(=O)OC(C)(C)C)N(C)[C@H]2C[C@H](OCCCCc3ccc4c(n3)NCCC4)C(C)(C)C2)c2c(c1)C1(CCOCC1)C(=O)N2C. The third-order valence-electron chi connectivity index (χ3n) is 11.5. The van der Waals surface area contributed by atoms with Crippen LogP contribution in [0.15, 0.2) is 24.3 Å². The highest BCUT2D eigenvalue weighted by Crippen LogP contribution is 2.52. The number of carbonyl (C=O) groups is 2. The summed E-state index contributed by atoms with van der Waals surface area (Å²) in [7, 11) is 5.56. The average Bonchev–Trinajstić information content (AvgIpc) is 3.49. The standard InChI is InChI=1S/C41H60N4O6/c1-39(2,3)51-37(46)35(31-22-27(26-48-8)23-32-34(31)45(7)38(47)41(32)16-20-49-21-17-41)44(6)30-24-33(40(4,5)25-30)50-19-10-9-13-29-15-14-28-12-11-18-42-36(28)43-29/h14-15,22-23,30,33,35H,9-13,16-21,24-26H2,1-8H3,(H,42,43)/t30-,33-,35?/m0/s1. The number of hydrogen-bond acceptors (Lipinski definition) is 9. The molecule has 6 rings (SSSR count). The number of hydrogen-bond donors (Lipinski definition) is 1. The van der Waals surface area contributed by atoms with E-state index in [9.17, 15) is 9.59 Å². The molecule has 1 spiro atoms. The number of amides is 1. The Balaban J connectivity index is 1.21. The molecule has 3 atom stereocenters.